The third-order valence-corrected chi connectivity index (χ3v) is 5.12. The molecule has 4 nitrogen and oxygen atoms in total. The lowest BCUT2D eigenvalue weighted by Crippen LogP contribution is -2.38. The van der Waals surface area contributed by atoms with E-state index in [-0.39, 0.29) is 5.91 Å². The molecule has 1 N–H and O–H groups in total. The first-order valence-corrected chi connectivity index (χ1v) is 8.63. The van der Waals surface area contributed by atoms with Crippen molar-refractivity contribution >= 4 is 17.6 Å². The number of hydrogen-bond donors (Lipinski definition) is 1. The number of carbonyl (C=O) groups is 2. The third-order valence-electron chi connectivity index (χ3n) is 5.12. The van der Waals surface area contributed by atoms with Crippen LogP contribution in [0.1, 0.15) is 47.2 Å². The molecule has 3 rings (SSSR count). The molecule has 0 aliphatic heterocycles. The van der Waals surface area contributed by atoms with E-state index >= 15 is 0 Å². The van der Waals surface area contributed by atoms with Crippen LogP contribution in [0.15, 0.2) is 48.5 Å². The Hall–Kier alpha value is -2.62. The molecule has 1 aliphatic carbocycles. The molecular formula is C21H23NO3. The van der Waals surface area contributed by atoms with Gasteiger partial charge in [0.1, 0.15) is 0 Å². The summed E-state index contributed by atoms with van der Waals surface area (Å²) in [7, 11) is 1.35. The molecule has 2 aromatic carbocycles. The van der Waals surface area contributed by atoms with E-state index in [4.69, 9.17) is 4.74 Å². The van der Waals surface area contributed by atoms with Crippen molar-refractivity contribution in [2.45, 2.75) is 38.0 Å². The predicted molar refractivity (Wildman–Crippen MR) is 97.7 cm³/mol. The van der Waals surface area contributed by atoms with Crippen LogP contribution in [0.25, 0.3) is 0 Å². The van der Waals surface area contributed by atoms with Crippen molar-refractivity contribution in [1.82, 2.24) is 0 Å². The number of anilines is 1. The average molecular weight is 337 g/mol. The lowest BCUT2D eigenvalue weighted by Gasteiger charge is -2.28. The Morgan fingerprint density at radius 3 is 2.36 bits per heavy atom. The van der Waals surface area contributed by atoms with Gasteiger partial charge in [-0.1, -0.05) is 49.2 Å². The van der Waals surface area contributed by atoms with Crippen LogP contribution in [0.3, 0.4) is 0 Å². The molecule has 25 heavy (non-hydrogen) atoms. The molecule has 1 fully saturated rings. The first-order valence-electron chi connectivity index (χ1n) is 8.63. The van der Waals surface area contributed by atoms with E-state index in [0.29, 0.717) is 11.3 Å². The van der Waals surface area contributed by atoms with Crippen LogP contribution in [0, 0.1) is 6.92 Å². The van der Waals surface area contributed by atoms with Gasteiger partial charge in [-0.25, -0.2) is 4.79 Å². The Labute approximate surface area is 148 Å². The fraction of sp³-hybridized carbons (Fsp3) is 0.333. The monoisotopic (exact) mass is 337 g/mol. The van der Waals surface area contributed by atoms with E-state index in [2.05, 4.69) is 5.32 Å². The number of benzene rings is 2. The average Bonchev–Trinajstić information content (AvgIpc) is 3.15. The van der Waals surface area contributed by atoms with Crippen molar-refractivity contribution in [2.75, 3.05) is 12.4 Å². The van der Waals surface area contributed by atoms with Crippen molar-refractivity contribution in [2.24, 2.45) is 0 Å². The summed E-state index contributed by atoms with van der Waals surface area (Å²) >= 11 is 0. The smallest absolute Gasteiger partial charge is 0.337 e. The van der Waals surface area contributed by atoms with E-state index in [0.717, 1.165) is 36.8 Å². The van der Waals surface area contributed by atoms with Gasteiger partial charge in [-0.15, -0.1) is 0 Å². The molecule has 0 radical (unpaired) electrons. The van der Waals surface area contributed by atoms with E-state index < -0.39 is 11.4 Å². The van der Waals surface area contributed by atoms with Gasteiger partial charge in [0.25, 0.3) is 0 Å². The van der Waals surface area contributed by atoms with Crippen molar-refractivity contribution in [3.8, 4) is 0 Å². The maximum atomic E-state index is 13.2. The standard InChI is InChI=1S/C21H23NO3/c1-15-10-11-16(19(23)25-2)14-18(15)22-20(24)21(12-6-7-13-21)17-8-4-3-5-9-17/h3-5,8-11,14H,6-7,12-13H2,1-2H3,(H,22,24). The van der Waals surface area contributed by atoms with Crippen LogP contribution in [0.4, 0.5) is 5.69 Å². The van der Waals surface area contributed by atoms with Gasteiger partial charge in [-0.2, -0.15) is 0 Å². The molecule has 1 aliphatic rings. The van der Waals surface area contributed by atoms with Gasteiger partial charge in [0.2, 0.25) is 5.91 Å². The van der Waals surface area contributed by atoms with Crippen molar-refractivity contribution in [3.63, 3.8) is 0 Å². The number of hydrogen-bond acceptors (Lipinski definition) is 3. The minimum Gasteiger partial charge on any atom is -0.465 e. The molecule has 0 heterocycles. The molecule has 2 aromatic rings. The summed E-state index contributed by atoms with van der Waals surface area (Å²) < 4.78 is 4.77. The Morgan fingerprint density at radius 2 is 1.72 bits per heavy atom. The van der Waals surface area contributed by atoms with Crippen LogP contribution < -0.4 is 5.32 Å². The summed E-state index contributed by atoms with van der Waals surface area (Å²) in [5.74, 6) is -0.407. The summed E-state index contributed by atoms with van der Waals surface area (Å²) in [6.45, 7) is 1.92. The highest BCUT2D eigenvalue weighted by atomic mass is 16.5. The number of nitrogens with one attached hydrogen (secondary N) is 1. The number of aryl methyl sites for hydroxylation is 1. The zero-order valence-electron chi connectivity index (χ0n) is 14.7. The second kappa shape index (κ2) is 7.09. The van der Waals surface area contributed by atoms with E-state index in [1.54, 1.807) is 12.1 Å². The van der Waals surface area contributed by atoms with Crippen LogP contribution >= 0.6 is 0 Å². The van der Waals surface area contributed by atoms with E-state index in [9.17, 15) is 9.59 Å². The second-order valence-corrected chi connectivity index (χ2v) is 6.63. The fourth-order valence-electron chi connectivity index (χ4n) is 3.63. The molecule has 0 saturated heterocycles. The highest BCUT2D eigenvalue weighted by molar-refractivity contribution is 6.01. The van der Waals surface area contributed by atoms with Gasteiger partial charge >= 0.3 is 5.97 Å². The highest BCUT2D eigenvalue weighted by Gasteiger charge is 2.42. The maximum Gasteiger partial charge on any atom is 0.337 e. The van der Waals surface area contributed by atoms with Crippen LogP contribution in [-0.4, -0.2) is 19.0 Å². The normalized spacial score (nSPS) is 15.6. The summed E-state index contributed by atoms with van der Waals surface area (Å²) in [5, 5.41) is 3.06. The minimum absolute atomic E-state index is 0.00122. The number of ether oxygens (including phenoxy) is 1. The van der Waals surface area contributed by atoms with Crippen LogP contribution in [-0.2, 0) is 14.9 Å². The van der Waals surface area contributed by atoms with Gasteiger partial charge in [-0.3, -0.25) is 4.79 Å². The number of rotatable bonds is 4. The van der Waals surface area contributed by atoms with Crippen molar-refractivity contribution < 1.29 is 14.3 Å². The maximum absolute atomic E-state index is 13.2. The van der Waals surface area contributed by atoms with Gasteiger partial charge in [0, 0.05) is 5.69 Å². The molecule has 0 atom stereocenters. The molecule has 0 aromatic heterocycles. The second-order valence-electron chi connectivity index (χ2n) is 6.63. The van der Waals surface area contributed by atoms with Gasteiger partial charge in [-0.05, 0) is 43.0 Å². The first-order chi connectivity index (χ1) is 12.1. The van der Waals surface area contributed by atoms with E-state index in [1.807, 2.05) is 43.3 Å². The summed E-state index contributed by atoms with van der Waals surface area (Å²) in [6, 6.07) is 15.2. The van der Waals surface area contributed by atoms with E-state index in [1.165, 1.54) is 7.11 Å². The quantitative estimate of drug-likeness (QED) is 0.849. The molecule has 1 amide bonds. The number of esters is 1. The number of carbonyl (C=O) groups excluding carboxylic acids is 2. The van der Waals surface area contributed by atoms with Gasteiger partial charge in [0.15, 0.2) is 0 Å². The predicted octanol–water partition coefficient (Wildman–Crippen LogP) is 4.23. The van der Waals surface area contributed by atoms with Crippen molar-refractivity contribution in [1.29, 1.82) is 0 Å². The van der Waals surface area contributed by atoms with Crippen molar-refractivity contribution in [3.05, 3.63) is 65.2 Å². The summed E-state index contributed by atoms with van der Waals surface area (Å²) in [5.41, 5.74) is 2.59. The molecule has 4 heteroatoms. The Balaban J connectivity index is 1.92. The highest BCUT2D eigenvalue weighted by Crippen LogP contribution is 2.42. The Morgan fingerprint density at radius 1 is 1.04 bits per heavy atom. The van der Waals surface area contributed by atoms with Crippen LogP contribution in [0.2, 0.25) is 0 Å². The Kier molecular flexibility index (Phi) is 4.88. The Bertz CT molecular complexity index is 777. The first kappa shape index (κ1) is 17.2. The zero-order chi connectivity index (χ0) is 17.9. The lowest BCUT2D eigenvalue weighted by atomic mass is 9.78. The fourth-order valence-corrected chi connectivity index (χ4v) is 3.63. The molecule has 0 spiro atoms. The minimum atomic E-state index is -0.491. The molecule has 1 saturated carbocycles. The largest absolute Gasteiger partial charge is 0.465 e. The molecular weight excluding hydrogens is 314 g/mol. The van der Waals surface area contributed by atoms with Gasteiger partial charge < -0.3 is 10.1 Å². The van der Waals surface area contributed by atoms with Crippen LogP contribution in [0.5, 0.6) is 0 Å². The molecule has 0 unspecified atom stereocenters. The third kappa shape index (κ3) is 3.29. The topological polar surface area (TPSA) is 55.4 Å². The SMILES string of the molecule is COC(=O)c1ccc(C)c(NC(=O)C2(c3ccccc3)CCCC2)c1. The zero-order valence-corrected chi connectivity index (χ0v) is 14.7. The molecule has 0 bridgehead atoms. The number of methoxy groups -OCH3 is 1. The molecule has 130 valence electrons. The summed E-state index contributed by atoms with van der Waals surface area (Å²) in [4.78, 5) is 25.0. The summed E-state index contributed by atoms with van der Waals surface area (Å²) in [6.07, 6.45) is 3.78. The van der Waals surface area contributed by atoms with Gasteiger partial charge in [0.05, 0.1) is 18.1 Å². The number of amides is 1. The lowest BCUT2D eigenvalue weighted by molar-refractivity contribution is -0.121.